The van der Waals surface area contributed by atoms with E-state index in [1.54, 1.807) is 40.3 Å². The molecule has 0 aliphatic carbocycles. The van der Waals surface area contributed by atoms with E-state index in [0.29, 0.717) is 24.4 Å². The van der Waals surface area contributed by atoms with Gasteiger partial charge >= 0.3 is 0 Å². The van der Waals surface area contributed by atoms with E-state index in [0.717, 1.165) is 21.3 Å². The molecule has 0 saturated carbocycles. The van der Waals surface area contributed by atoms with Gasteiger partial charge in [-0.1, -0.05) is 23.9 Å². The lowest BCUT2D eigenvalue weighted by molar-refractivity contribution is 0.0735. The summed E-state index contributed by atoms with van der Waals surface area (Å²) < 4.78 is 6.39. The average Bonchev–Trinajstić information content (AvgIpc) is 3.35. The third-order valence-corrected chi connectivity index (χ3v) is 6.08. The van der Waals surface area contributed by atoms with E-state index in [-0.39, 0.29) is 12.3 Å². The van der Waals surface area contributed by atoms with Crippen molar-refractivity contribution in [3.8, 4) is 6.07 Å². The van der Waals surface area contributed by atoms with Gasteiger partial charge in [-0.2, -0.15) is 5.26 Å². The number of nitriles is 1. The molecule has 0 bridgehead atoms. The normalized spacial score (nSPS) is 10.5. The molecule has 5 nitrogen and oxygen atoms in total. The molecule has 0 radical (unpaired) electrons. The second-order valence-corrected chi connectivity index (χ2v) is 8.04. The van der Waals surface area contributed by atoms with Crippen molar-refractivity contribution in [2.45, 2.75) is 30.0 Å². The fraction of sp³-hybridized carbons (Fsp3) is 0.250. The molecular weight excluding hydrogens is 378 g/mol. The maximum absolute atomic E-state index is 12.8. The van der Waals surface area contributed by atoms with Crippen molar-refractivity contribution in [1.82, 2.24) is 9.88 Å². The van der Waals surface area contributed by atoms with Crippen molar-refractivity contribution >= 4 is 29.0 Å². The number of aromatic nitrogens is 1. The van der Waals surface area contributed by atoms with Gasteiger partial charge in [-0.25, -0.2) is 4.98 Å². The number of thiazole rings is 1. The number of nitrogens with zero attached hydrogens (tertiary/aromatic N) is 3. The number of hydrogen-bond donors (Lipinski definition) is 0. The summed E-state index contributed by atoms with van der Waals surface area (Å²) in [5.41, 5.74) is 2.79. The highest BCUT2D eigenvalue weighted by Crippen LogP contribution is 2.26. The first-order valence-electron chi connectivity index (χ1n) is 8.48. The lowest BCUT2D eigenvalue weighted by atomic mass is 10.1. The Labute approximate surface area is 166 Å². The third-order valence-electron chi connectivity index (χ3n) is 3.87. The fourth-order valence-electron chi connectivity index (χ4n) is 2.50. The van der Waals surface area contributed by atoms with Gasteiger partial charge in [0.1, 0.15) is 10.1 Å². The van der Waals surface area contributed by atoms with Gasteiger partial charge in [0, 0.05) is 28.9 Å². The first-order chi connectivity index (χ1) is 13.2. The summed E-state index contributed by atoms with van der Waals surface area (Å²) in [5.74, 6) is 1.41. The molecule has 0 N–H and O–H groups in total. The summed E-state index contributed by atoms with van der Waals surface area (Å²) in [6.07, 6.45) is 1.87. The van der Waals surface area contributed by atoms with Crippen molar-refractivity contribution < 1.29 is 9.21 Å². The molecule has 1 amide bonds. The van der Waals surface area contributed by atoms with Crippen molar-refractivity contribution in [2.24, 2.45) is 0 Å². The minimum absolute atomic E-state index is 0.101. The van der Waals surface area contributed by atoms with Crippen molar-refractivity contribution in [3.63, 3.8) is 0 Å². The predicted molar refractivity (Wildman–Crippen MR) is 107 cm³/mol. The number of amides is 1. The number of hydrogen-bond acceptors (Lipinski definition) is 6. The summed E-state index contributed by atoms with van der Waals surface area (Å²) in [5, 5.41) is 10.9. The highest BCUT2D eigenvalue weighted by atomic mass is 32.2. The molecule has 27 heavy (non-hydrogen) atoms. The van der Waals surface area contributed by atoms with E-state index in [9.17, 15) is 4.79 Å². The topological polar surface area (TPSA) is 70.1 Å². The van der Waals surface area contributed by atoms with Crippen molar-refractivity contribution in [2.75, 3.05) is 6.54 Å². The molecule has 2 aromatic heterocycles. The Bertz CT molecular complexity index is 912. The summed E-state index contributed by atoms with van der Waals surface area (Å²) >= 11 is 3.34. The van der Waals surface area contributed by atoms with E-state index in [2.05, 4.69) is 11.1 Å². The predicted octanol–water partition coefficient (Wildman–Crippen LogP) is 4.89. The monoisotopic (exact) mass is 397 g/mol. The molecule has 0 atom stereocenters. The Hall–Kier alpha value is -2.56. The van der Waals surface area contributed by atoms with Crippen LogP contribution in [0.4, 0.5) is 0 Å². The Morgan fingerprint density at radius 1 is 1.33 bits per heavy atom. The van der Waals surface area contributed by atoms with Gasteiger partial charge in [0.05, 0.1) is 25.3 Å². The molecule has 3 aromatic rings. The van der Waals surface area contributed by atoms with Crippen LogP contribution in [-0.4, -0.2) is 22.3 Å². The minimum Gasteiger partial charge on any atom is -0.467 e. The summed E-state index contributed by atoms with van der Waals surface area (Å²) in [6.45, 7) is 2.72. The Balaban J connectivity index is 1.64. The molecule has 0 unspecified atom stereocenters. The number of thioether (sulfide) groups is 1. The van der Waals surface area contributed by atoms with Gasteiger partial charge in [0.25, 0.3) is 5.91 Å². The molecular formula is C20H19N3O2S2. The molecule has 3 rings (SSSR count). The average molecular weight is 398 g/mol. The van der Waals surface area contributed by atoms with Crippen LogP contribution in [0.3, 0.4) is 0 Å². The lowest BCUT2D eigenvalue weighted by Crippen LogP contribution is -2.31. The van der Waals surface area contributed by atoms with Gasteiger partial charge in [-0.15, -0.1) is 11.3 Å². The van der Waals surface area contributed by atoms with Crippen LogP contribution in [0.2, 0.25) is 0 Å². The first-order valence-corrected chi connectivity index (χ1v) is 10.3. The maximum Gasteiger partial charge on any atom is 0.254 e. The van der Waals surface area contributed by atoms with Crippen LogP contribution < -0.4 is 0 Å². The van der Waals surface area contributed by atoms with Gasteiger partial charge in [0.2, 0.25) is 0 Å². The second-order valence-electron chi connectivity index (χ2n) is 5.95. The van der Waals surface area contributed by atoms with E-state index in [1.165, 1.54) is 0 Å². The highest BCUT2D eigenvalue weighted by Gasteiger charge is 2.17. The number of benzene rings is 1. The van der Waals surface area contributed by atoms with Crippen molar-refractivity contribution in [1.29, 1.82) is 5.26 Å². The van der Waals surface area contributed by atoms with Crippen LogP contribution in [0.5, 0.6) is 0 Å². The zero-order valence-electron chi connectivity index (χ0n) is 14.9. The summed E-state index contributed by atoms with van der Waals surface area (Å²) in [6, 6.07) is 13.3. The van der Waals surface area contributed by atoms with E-state index < -0.39 is 0 Å². The largest absolute Gasteiger partial charge is 0.467 e. The van der Waals surface area contributed by atoms with Crippen LogP contribution in [0.1, 0.15) is 33.8 Å². The van der Waals surface area contributed by atoms with Crippen LogP contribution in [0.15, 0.2) is 56.8 Å². The Morgan fingerprint density at radius 2 is 2.15 bits per heavy atom. The van der Waals surface area contributed by atoms with Crippen LogP contribution in [0, 0.1) is 18.3 Å². The third kappa shape index (κ3) is 5.46. The molecule has 0 saturated heterocycles. The SMILES string of the molecule is Cc1csc(SCc2ccc(C(=O)N(CCC#N)Cc3ccco3)cc2)n1. The molecule has 0 fully saturated rings. The van der Waals surface area contributed by atoms with Crippen molar-refractivity contribution in [3.05, 3.63) is 70.6 Å². The minimum atomic E-state index is -0.101. The van der Waals surface area contributed by atoms with Gasteiger partial charge < -0.3 is 9.32 Å². The molecule has 0 spiro atoms. The Kier molecular flexibility index (Phi) is 6.69. The lowest BCUT2D eigenvalue weighted by Gasteiger charge is -2.20. The molecule has 138 valence electrons. The summed E-state index contributed by atoms with van der Waals surface area (Å²) in [7, 11) is 0. The Morgan fingerprint density at radius 3 is 2.78 bits per heavy atom. The molecule has 0 aliphatic heterocycles. The van der Waals surface area contributed by atoms with Gasteiger partial charge in [-0.3, -0.25) is 4.79 Å². The smallest absolute Gasteiger partial charge is 0.254 e. The van der Waals surface area contributed by atoms with Crippen LogP contribution in [0.25, 0.3) is 0 Å². The maximum atomic E-state index is 12.8. The van der Waals surface area contributed by atoms with Gasteiger partial charge in [-0.05, 0) is 36.8 Å². The van der Waals surface area contributed by atoms with E-state index in [1.807, 2.05) is 42.6 Å². The number of furan rings is 1. The van der Waals surface area contributed by atoms with Crippen LogP contribution >= 0.6 is 23.1 Å². The number of aryl methyl sites for hydroxylation is 1. The molecule has 2 heterocycles. The quantitative estimate of drug-likeness (QED) is 0.506. The molecule has 7 heteroatoms. The van der Waals surface area contributed by atoms with E-state index in [4.69, 9.17) is 9.68 Å². The number of carbonyl (C=O) groups is 1. The number of carbonyl (C=O) groups excluding carboxylic acids is 1. The molecule has 0 aliphatic rings. The number of rotatable bonds is 8. The zero-order valence-corrected chi connectivity index (χ0v) is 16.6. The highest BCUT2D eigenvalue weighted by molar-refractivity contribution is 8.00. The molecule has 1 aromatic carbocycles. The van der Waals surface area contributed by atoms with Crippen LogP contribution in [-0.2, 0) is 12.3 Å². The second kappa shape index (κ2) is 9.40. The van der Waals surface area contributed by atoms with E-state index >= 15 is 0 Å². The zero-order chi connectivity index (χ0) is 19.1. The summed E-state index contributed by atoms with van der Waals surface area (Å²) in [4.78, 5) is 18.9. The fourth-order valence-corrected chi connectivity index (χ4v) is 4.30. The first kappa shape index (κ1) is 19.2. The standard InChI is InChI=1S/C20H19N3O2S2/c1-15-13-26-20(22-15)27-14-16-5-7-17(8-6-16)19(24)23(10-3-9-21)12-18-4-2-11-25-18/h2,4-8,11,13H,3,10,12,14H2,1H3. The van der Waals surface area contributed by atoms with Gasteiger partial charge in [0.15, 0.2) is 0 Å².